The minimum Gasteiger partial charge on any atom is -0.497 e. The molecule has 2 aliphatic rings. The lowest BCUT2D eigenvalue weighted by atomic mass is 10.0. The molecule has 33 heavy (non-hydrogen) atoms. The number of nitrogens with one attached hydrogen (secondary N) is 2. The van der Waals surface area contributed by atoms with E-state index >= 15 is 0 Å². The van der Waals surface area contributed by atoms with E-state index < -0.39 is 0 Å². The molecule has 8 heteroatoms. The van der Waals surface area contributed by atoms with Crippen LogP contribution in [0.5, 0.6) is 11.5 Å². The summed E-state index contributed by atoms with van der Waals surface area (Å²) in [5.41, 5.74) is 3.93. The average molecular weight is 450 g/mol. The predicted octanol–water partition coefficient (Wildman–Crippen LogP) is 3.04. The summed E-state index contributed by atoms with van der Waals surface area (Å²) in [4.78, 5) is 16.0. The largest absolute Gasteiger partial charge is 0.497 e. The van der Waals surface area contributed by atoms with Crippen LogP contribution >= 0.6 is 0 Å². The van der Waals surface area contributed by atoms with E-state index in [2.05, 4.69) is 15.6 Å². The van der Waals surface area contributed by atoms with Crippen molar-refractivity contribution >= 4 is 22.5 Å². The van der Waals surface area contributed by atoms with Gasteiger partial charge in [0.25, 0.3) is 5.91 Å². The van der Waals surface area contributed by atoms with Crippen LogP contribution in [0.4, 0.5) is 5.69 Å². The summed E-state index contributed by atoms with van der Waals surface area (Å²) in [6.45, 7) is 1.88. The third-order valence-corrected chi connectivity index (χ3v) is 5.93. The number of anilines is 1. The van der Waals surface area contributed by atoms with Crippen molar-refractivity contribution in [1.82, 2.24) is 10.3 Å². The molecule has 3 aromatic rings. The predicted molar refractivity (Wildman–Crippen MR) is 124 cm³/mol. The lowest BCUT2D eigenvalue weighted by Gasteiger charge is -2.30. The number of carbonyl (C=O) groups is 1. The molecule has 172 valence electrons. The Morgan fingerprint density at radius 2 is 2.03 bits per heavy atom. The van der Waals surface area contributed by atoms with Gasteiger partial charge >= 0.3 is 0 Å². The maximum atomic E-state index is 11.5. The third kappa shape index (κ3) is 5.08. The zero-order valence-corrected chi connectivity index (χ0v) is 18.5. The van der Waals surface area contributed by atoms with Gasteiger partial charge in [-0.2, -0.15) is 0 Å². The number of benzene rings is 2. The average Bonchev–Trinajstić information content (AvgIpc) is 2.86. The Balaban J connectivity index is 1.11. The number of amides is 1. The molecule has 0 aliphatic carbocycles. The van der Waals surface area contributed by atoms with E-state index in [0.29, 0.717) is 31.2 Å². The molecule has 5 rings (SSSR count). The molecular formula is C25H27N3O5. The number of aryl methyl sites for hydroxylation is 1. The first-order valence-electron chi connectivity index (χ1n) is 11.1. The van der Waals surface area contributed by atoms with Crippen molar-refractivity contribution < 1.29 is 23.7 Å². The standard InChI is InChI=1S/C25H27N3O5/c1-30-19-4-5-21-20(11-19)17(8-9-26-21)3-7-25-32-13-18(14-33-25)27-12-16-2-6-23-22(10-16)28-24(29)15-31-23/h2,4-6,8-11,18,25,27H,3,7,12-15H2,1H3,(H,28,29)/t18-,25-. The van der Waals surface area contributed by atoms with Crippen LogP contribution in [0.15, 0.2) is 48.7 Å². The normalized spacial score (nSPS) is 20.1. The second-order valence-electron chi connectivity index (χ2n) is 8.23. The molecule has 8 nitrogen and oxygen atoms in total. The van der Waals surface area contributed by atoms with E-state index in [1.807, 2.05) is 48.7 Å². The summed E-state index contributed by atoms with van der Waals surface area (Å²) in [6, 6.07) is 13.9. The monoisotopic (exact) mass is 449 g/mol. The Kier molecular flexibility index (Phi) is 6.39. The first kappa shape index (κ1) is 21.6. The van der Waals surface area contributed by atoms with Crippen LogP contribution in [0, 0.1) is 0 Å². The molecule has 0 saturated carbocycles. The van der Waals surface area contributed by atoms with E-state index in [0.717, 1.165) is 35.1 Å². The Hall–Kier alpha value is -3.20. The fourth-order valence-corrected chi connectivity index (χ4v) is 4.13. The molecule has 1 saturated heterocycles. The van der Waals surface area contributed by atoms with Crippen LogP contribution in [0.1, 0.15) is 17.5 Å². The van der Waals surface area contributed by atoms with Gasteiger partial charge in [-0.3, -0.25) is 9.78 Å². The van der Waals surface area contributed by atoms with Crippen LogP contribution in [0.3, 0.4) is 0 Å². The van der Waals surface area contributed by atoms with Gasteiger partial charge < -0.3 is 29.6 Å². The van der Waals surface area contributed by atoms with Crippen LogP contribution in [0.25, 0.3) is 10.9 Å². The first-order valence-corrected chi connectivity index (χ1v) is 11.1. The molecule has 1 fully saturated rings. The number of rotatable bonds is 7. The minimum absolute atomic E-state index is 0.0636. The molecule has 2 N–H and O–H groups in total. The van der Waals surface area contributed by atoms with E-state index in [4.69, 9.17) is 18.9 Å². The molecule has 0 spiro atoms. The maximum Gasteiger partial charge on any atom is 0.262 e. The molecular weight excluding hydrogens is 422 g/mol. The van der Waals surface area contributed by atoms with Crippen molar-refractivity contribution in [2.24, 2.45) is 0 Å². The van der Waals surface area contributed by atoms with Gasteiger partial charge in [0.1, 0.15) is 11.5 Å². The van der Waals surface area contributed by atoms with Gasteiger partial charge in [-0.05, 0) is 53.9 Å². The molecule has 0 radical (unpaired) electrons. The summed E-state index contributed by atoms with van der Waals surface area (Å²) in [5, 5.41) is 7.39. The second-order valence-corrected chi connectivity index (χ2v) is 8.23. The van der Waals surface area contributed by atoms with Gasteiger partial charge in [-0.1, -0.05) is 6.07 Å². The Morgan fingerprint density at radius 1 is 1.15 bits per heavy atom. The topological polar surface area (TPSA) is 90.9 Å². The first-order chi connectivity index (χ1) is 16.2. The number of fused-ring (bicyclic) bond motifs is 2. The summed E-state index contributed by atoms with van der Waals surface area (Å²) < 4.78 is 22.7. The van der Waals surface area contributed by atoms with Crippen molar-refractivity contribution in [3.63, 3.8) is 0 Å². The van der Waals surface area contributed by atoms with Crippen molar-refractivity contribution in [2.75, 3.05) is 32.2 Å². The van der Waals surface area contributed by atoms with Crippen molar-refractivity contribution in [3.8, 4) is 11.5 Å². The zero-order valence-electron chi connectivity index (χ0n) is 18.5. The number of ether oxygens (including phenoxy) is 4. The van der Waals surface area contributed by atoms with Gasteiger partial charge in [0.15, 0.2) is 12.9 Å². The van der Waals surface area contributed by atoms with Gasteiger partial charge in [-0.25, -0.2) is 0 Å². The molecule has 2 aliphatic heterocycles. The molecule has 0 unspecified atom stereocenters. The van der Waals surface area contributed by atoms with E-state index in [9.17, 15) is 4.79 Å². The Bertz CT molecular complexity index is 1140. The Labute approximate surface area is 192 Å². The molecule has 1 aromatic heterocycles. The zero-order chi connectivity index (χ0) is 22.6. The fraction of sp³-hybridized carbons (Fsp3) is 0.360. The third-order valence-electron chi connectivity index (χ3n) is 5.93. The SMILES string of the molecule is COc1ccc2nccc(CC[C@H]3OC[C@H](NCc4ccc5c(c4)NC(=O)CO5)CO3)c2c1. The highest BCUT2D eigenvalue weighted by Crippen LogP contribution is 2.28. The van der Waals surface area contributed by atoms with Crippen molar-refractivity contribution in [2.45, 2.75) is 31.7 Å². The fourth-order valence-electron chi connectivity index (χ4n) is 4.13. The number of carbonyl (C=O) groups excluding carboxylic acids is 1. The maximum absolute atomic E-state index is 11.5. The second kappa shape index (κ2) is 9.74. The van der Waals surface area contributed by atoms with Crippen LogP contribution in [-0.2, 0) is 27.2 Å². The summed E-state index contributed by atoms with van der Waals surface area (Å²) in [6.07, 6.45) is 3.21. The van der Waals surface area contributed by atoms with Gasteiger partial charge in [0, 0.05) is 24.5 Å². The van der Waals surface area contributed by atoms with Crippen molar-refractivity contribution in [1.29, 1.82) is 0 Å². The highest BCUT2D eigenvalue weighted by Gasteiger charge is 2.22. The summed E-state index contributed by atoms with van der Waals surface area (Å²) >= 11 is 0. The highest BCUT2D eigenvalue weighted by molar-refractivity contribution is 5.95. The van der Waals surface area contributed by atoms with Gasteiger partial charge in [-0.15, -0.1) is 0 Å². The quantitative estimate of drug-likeness (QED) is 0.573. The number of methoxy groups -OCH3 is 1. The van der Waals surface area contributed by atoms with E-state index in [1.165, 1.54) is 5.56 Å². The smallest absolute Gasteiger partial charge is 0.262 e. The minimum atomic E-state index is -0.229. The molecule has 0 atom stereocenters. The summed E-state index contributed by atoms with van der Waals surface area (Å²) in [7, 11) is 1.67. The van der Waals surface area contributed by atoms with E-state index in [1.54, 1.807) is 7.11 Å². The van der Waals surface area contributed by atoms with Crippen LogP contribution in [-0.4, -0.2) is 50.2 Å². The molecule has 2 aromatic carbocycles. The van der Waals surface area contributed by atoms with E-state index in [-0.39, 0.29) is 24.8 Å². The van der Waals surface area contributed by atoms with Crippen molar-refractivity contribution in [3.05, 3.63) is 59.8 Å². The lowest BCUT2D eigenvalue weighted by Crippen LogP contribution is -2.44. The lowest BCUT2D eigenvalue weighted by molar-refractivity contribution is -0.192. The van der Waals surface area contributed by atoms with Gasteiger partial charge in [0.2, 0.25) is 0 Å². The number of pyridine rings is 1. The number of nitrogens with zero attached hydrogens (tertiary/aromatic N) is 1. The number of hydrogen-bond donors (Lipinski definition) is 2. The summed E-state index contributed by atoms with van der Waals surface area (Å²) in [5.74, 6) is 1.39. The van der Waals surface area contributed by atoms with Crippen LogP contribution < -0.4 is 20.1 Å². The van der Waals surface area contributed by atoms with Crippen LogP contribution in [0.2, 0.25) is 0 Å². The number of aromatic nitrogens is 1. The molecule has 1 amide bonds. The Morgan fingerprint density at radius 3 is 2.88 bits per heavy atom. The number of hydrogen-bond acceptors (Lipinski definition) is 7. The highest BCUT2D eigenvalue weighted by atomic mass is 16.7. The molecule has 0 bridgehead atoms. The van der Waals surface area contributed by atoms with Gasteiger partial charge in [0.05, 0.1) is 37.6 Å². The molecule has 3 heterocycles.